The predicted molar refractivity (Wildman–Crippen MR) is 114 cm³/mol. The molecule has 8 nitrogen and oxygen atoms in total. The number of amides is 1. The summed E-state index contributed by atoms with van der Waals surface area (Å²) in [5.41, 5.74) is 4.16. The molecule has 4 rings (SSSR count). The minimum absolute atomic E-state index is 0.0952. The first kappa shape index (κ1) is 22.5. The summed E-state index contributed by atoms with van der Waals surface area (Å²) in [6.07, 6.45) is -3.97. The summed E-state index contributed by atoms with van der Waals surface area (Å²) in [7, 11) is 0. The number of alkyl halides is 3. The van der Waals surface area contributed by atoms with E-state index in [1.165, 1.54) is 23.1 Å². The Balaban J connectivity index is 1.96. The Hall–Kier alpha value is -3.65. The van der Waals surface area contributed by atoms with Crippen LogP contribution in [0.3, 0.4) is 0 Å². The minimum atomic E-state index is -4.69. The highest BCUT2D eigenvalue weighted by molar-refractivity contribution is 6.02. The second kappa shape index (κ2) is 7.45. The van der Waals surface area contributed by atoms with E-state index in [0.717, 1.165) is 16.9 Å². The zero-order valence-electron chi connectivity index (χ0n) is 18.3. The van der Waals surface area contributed by atoms with Gasteiger partial charge in [0.25, 0.3) is 5.91 Å². The van der Waals surface area contributed by atoms with Gasteiger partial charge in [-0.3, -0.25) is 4.79 Å². The lowest BCUT2D eigenvalue weighted by atomic mass is 9.96. The Morgan fingerprint density at radius 1 is 1.24 bits per heavy atom. The number of carbonyl (C=O) groups is 1. The van der Waals surface area contributed by atoms with Gasteiger partial charge >= 0.3 is 6.18 Å². The molecule has 1 aliphatic heterocycles. The number of nitrogens with zero attached hydrogens (tertiary/aromatic N) is 5. The molecule has 3 aromatic rings. The number of halogens is 3. The fraction of sp³-hybridized carbons (Fsp3) is 0.364. The number of nitriles is 1. The number of anilines is 2. The normalized spacial score (nSPS) is 20.8. The molecule has 0 aliphatic carbocycles. The van der Waals surface area contributed by atoms with Crippen LogP contribution in [0.1, 0.15) is 38.8 Å². The number of benzene rings is 1. The van der Waals surface area contributed by atoms with Gasteiger partial charge in [-0.1, -0.05) is 6.07 Å². The summed E-state index contributed by atoms with van der Waals surface area (Å²) < 4.78 is 48.0. The van der Waals surface area contributed by atoms with Gasteiger partial charge in [-0.15, -0.1) is 0 Å². The van der Waals surface area contributed by atoms with Crippen molar-refractivity contribution in [2.24, 2.45) is 0 Å². The van der Waals surface area contributed by atoms with E-state index in [2.05, 4.69) is 16.2 Å². The minimum Gasteiger partial charge on any atom is -0.382 e. The molecule has 1 fully saturated rings. The molecule has 1 saturated heterocycles. The Morgan fingerprint density at radius 2 is 1.94 bits per heavy atom. The Bertz CT molecular complexity index is 1310. The molecule has 0 unspecified atom stereocenters. The fourth-order valence-electron chi connectivity index (χ4n) is 4.10. The van der Waals surface area contributed by atoms with Crippen LogP contribution in [0.15, 0.2) is 30.6 Å². The largest absolute Gasteiger partial charge is 0.418 e. The monoisotopic (exact) mass is 458 g/mol. The van der Waals surface area contributed by atoms with Crippen molar-refractivity contribution in [1.82, 2.24) is 14.6 Å². The van der Waals surface area contributed by atoms with E-state index in [1.54, 1.807) is 20.8 Å². The highest BCUT2D eigenvalue weighted by Gasteiger charge is 2.45. The summed E-state index contributed by atoms with van der Waals surface area (Å²) in [4.78, 5) is 18.4. The summed E-state index contributed by atoms with van der Waals surface area (Å²) >= 11 is 0. The maximum absolute atomic E-state index is 13.7. The standard InChI is InChI=1S/C22H21F3N6O2/c1-11-12(2)33-21(3,4)20(32)30(11)16-7-13(5-6-14(16)9-26)17-8-15(22(23,24)25)18-19(27)28-10-29-31(17)18/h5-8,10-12H,1-4H3,(H2,27,28,29)/t11-,12+/m1/s1. The van der Waals surface area contributed by atoms with Crippen LogP contribution in [-0.2, 0) is 15.7 Å². The van der Waals surface area contributed by atoms with Gasteiger partial charge in [-0.05, 0) is 45.9 Å². The molecule has 0 spiro atoms. The maximum Gasteiger partial charge on any atom is 0.418 e. The van der Waals surface area contributed by atoms with E-state index in [1.807, 2.05) is 6.92 Å². The SMILES string of the molecule is C[C@@H]1OC(C)(C)C(=O)N(c2cc(-c3cc(C(F)(F)F)c4c(N)ncnn34)ccc2C#N)[C@@H]1C. The second-order valence-corrected chi connectivity index (χ2v) is 8.44. The molecular formula is C22H21F3N6O2. The summed E-state index contributed by atoms with van der Waals surface area (Å²) in [5.74, 6) is -0.672. The van der Waals surface area contributed by atoms with Crippen molar-refractivity contribution in [2.75, 3.05) is 10.6 Å². The van der Waals surface area contributed by atoms with Crippen LogP contribution in [0.2, 0.25) is 0 Å². The summed E-state index contributed by atoms with van der Waals surface area (Å²) in [5, 5.41) is 13.7. The molecule has 0 saturated carbocycles. The number of hydrogen-bond acceptors (Lipinski definition) is 6. The van der Waals surface area contributed by atoms with E-state index in [4.69, 9.17) is 10.5 Å². The molecule has 2 atom stereocenters. The van der Waals surface area contributed by atoms with Gasteiger partial charge in [0, 0.05) is 5.56 Å². The van der Waals surface area contributed by atoms with Gasteiger partial charge in [0.15, 0.2) is 5.82 Å². The Labute approximate surface area is 187 Å². The van der Waals surface area contributed by atoms with Crippen LogP contribution in [0.4, 0.5) is 24.7 Å². The first-order valence-corrected chi connectivity index (χ1v) is 10.1. The maximum atomic E-state index is 13.7. The predicted octanol–water partition coefficient (Wildman–Crippen LogP) is 3.79. The molecule has 172 valence electrons. The molecule has 0 radical (unpaired) electrons. The molecule has 2 aromatic heterocycles. The van der Waals surface area contributed by atoms with Crippen molar-refractivity contribution in [1.29, 1.82) is 5.26 Å². The van der Waals surface area contributed by atoms with Crippen LogP contribution < -0.4 is 10.6 Å². The number of morpholine rings is 1. The molecule has 33 heavy (non-hydrogen) atoms. The summed E-state index contributed by atoms with van der Waals surface area (Å²) in [6.45, 7) is 6.87. The number of hydrogen-bond donors (Lipinski definition) is 1. The second-order valence-electron chi connectivity index (χ2n) is 8.44. The Morgan fingerprint density at radius 3 is 2.58 bits per heavy atom. The topological polar surface area (TPSA) is 110 Å². The molecule has 1 aromatic carbocycles. The fourth-order valence-corrected chi connectivity index (χ4v) is 4.10. The third kappa shape index (κ3) is 3.56. The highest BCUT2D eigenvalue weighted by Crippen LogP contribution is 2.40. The third-order valence-corrected chi connectivity index (χ3v) is 5.86. The molecule has 0 bridgehead atoms. The highest BCUT2D eigenvalue weighted by atomic mass is 19.4. The van der Waals surface area contributed by atoms with Crippen LogP contribution >= 0.6 is 0 Å². The van der Waals surface area contributed by atoms with Crippen LogP contribution in [0.5, 0.6) is 0 Å². The van der Waals surface area contributed by atoms with Gasteiger partial charge in [0.05, 0.1) is 34.7 Å². The molecule has 11 heteroatoms. The molecule has 3 heterocycles. The van der Waals surface area contributed by atoms with E-state index < -0.39 is 23.4 Å². The quantitative estimate of drug-likeness (QED) is 0.626. The number of fused-ring (bicyclic) bond motifs is 1. The smallest absolute Gasteiger partial charge is 0.382 e. The lowest BCUT2D eigenvalue weighted by Gasteiger charge is -2.45. The van der Waals surface area contributed by atoms with Gasteiger partial charge in [0.2, 0.25) is 0 Å². The number of nitrogens with two attached hydrogens (primary N) is 1. The van der Waals surface area contributed by atoms with Crippen molar-refractivity contribution in [2.45, 2.75) is 51.6 Å². The first-order chi connectivity index (χ1) is 15.4. The number of ether oxygens (including phenoxy) is 1. The van der Waals surface area contributed by atoms with Crippen molar-refractivity contribution in [3.05, 3.63) is 41.7 Å². The van der Waals surface area contributed by atoms with E-state index in [0.29, 0.717) is 5.56 Å². The van der Waals surface area contributed by atoms with E-state index in [-0.39, 0.29) is 40.3 Å². The van der Waals surface area contributed by atoms with Crippen molar-refractivity contribution >= 4 is 22.9 Å². The molecule has 1 amide bonds. The van der Waals surface area contributed by atoms with Gasteiger partial charge in [-0.2, -0.15) is 23.5 Å². The molecule has 2 N–H and O–H groups in total. The lowest BCUT2D eigenvalue weighted by molar-refractivity contribution is -0.157. The molecule has 1 aliphatic rings. The third-order valence-electron chi connectivity index (χ3n) is 5.86. The van der Waals surface area contributed by atoms with Crippen LogP contribution in [-0.4, -0.2) is 38.3 Å². The Kier molecular flexibility index (Phi) is 5.09. The number of rotatable bonds is 2. The van der Waals surface area contributed by atoms with Crippen molar-refractivity contribution in [3.63, 3.8) is 0 Å². The van der Waals surface area contributed by atoms with Gasteiger partial charge < -0.3 is 15.4 Å². The lowest BCUT2D eigenvalue weighted by Crippen LogP contribution is -2.61. The zero-order valence-corrected chi connectivity index (χ0v) is 18.3. The van der Waals surface area contributed by atoms with Crippen LogP contribution in [0.25, 0.3) is 16.8 Å². The zero-order chi connectivity index (χ0) is 24.3. The van der Waals surface area contributed by atoms with E-state index >= 15 is 0 Å². The molecular weight excluding hydrogens is 437 g/mol. The van der Waals surface area contributed by atoms with Crippen molar-refractivity contribution in [3.8, 4) is 17.3 Å². The number of carbonyl (C=O) groups excluding carboxylic acids is 1. The number of aromatic nitrogens is 3. The van der Waals surface area contributed by atoms with Gasteiger partial charge in [0.1, 0.15) is 23.5 Å². The van der Waals surface area contributed by atoms with Crippen LogP contribution in [0, 0.1) is 11.3 Å². The first-order valence-electron chi connectivity index (χ1n) is 10.1. The van der Waals surface area contributed by atoms with Crippen molar-refractivity contribution < 1.29 is 22.7 Å². The number of nitrogen functional groups attached to an aromatic ring is 1. The average Bonchev–Trinajstić information content (AvgIpc) is 3.14. The van der Waals surface area contributed by atoms with E-state index in [9.17, 15) is 23.2 Å². The summed E-state index contributed by atoms with van der Waals surface area (Å²) in [6, 6.07) is 7.07. The van der Waals surface area contributed by atoms with Gasteiger partial charge in [-0.25, -0.2) is 9.50 Å². The average molecular weight is 458 g/mol.